The lowest BCUT2D eigenvalue weighted by molar-refractivity contribution is -0.131. The standard InChI is InChI=1S/C9H8O3/c1-7(11)12-9-4-2-3-8(5-9)6-10/h2-6H,1H3. The van der Waals surface area contributed by atoms with Gasteiger partial charge in [-0.15, -0.1) is 0 Å². The molecule has 0 radical (unpaired) electrons. The van der Waals surface area contributed by atoms with Gasteiger partial charge in [-0.3, -0.25) is 9.59 Å². The van der Waals surface area contributed by atoms with E-state index in [1.807, 2.05) is 0 Å². The van der Waals surface area contributed by atoms with Crippen LogP contribution in [0.3, 0.4) is 0 Å². The quantitative estimate of drug-likeness (QED) is 0.377. The summed E-state index contributed by atoms with van der Waals surface area (Å²) in [5.74, 6) is 0.00477. The monoisotopic (exact) mass is 164 g/mol. The van der Waals surface area contributed by atoms with Crippen molar-refractivity contribution < 1.29 is 14.3 Å². The number of benzene rings is 1. The second kappa shape index (κ2) is 3.67. The van der Waals surface area contributed by atoms with Crippen molar-refractivity contribution in [2.45, 2.75) is 6.92 Å². The Morgan fingerprint density at radius 1 is 1.50 bits per heavy atom. The Balaban J connectivity index is 2.86. The number of esters is 1. The molecule has 0 atom stereocenters. The van der Waals surface area contributed by atoms with Crippen LogP contribution in [-0.2, 0) is 4.79 Å². The van der Waals surface area contributed by atoms with Gasteiger partial charge in [0, 0.05) is 12.5 Å². The highest BCUT2D eigenvalue weighted by Gasteiger charge is 1.97. The predicted octanol–water partition coefficient (Wildman–Crippen LogP) is 1.42. The van der Waals surface area contributed by atoms with E-state index in [1.54, 1.807) is 18.2 Å². The summed E-state index contributed by atoms with van der Waals surface area (Å²) in [6.07, 6.45) is 0.701. The molecule has 0 aromatic heterocycles. The van der Waals surface area contributed by atoms with Gasteiger partial charge in [0.1, 0.15) is 12.0 Å². The van der Waals surface area contributed by atoms with Gasteiger partial charge in [-0.05, 0) is 12.1 Å². The third-order valence-electron chi connectivity index (χ3n) is 1.26. The van der Waals surface area contributed by atoms with E-state index in [0.717, 1.165) is 0 Å². The Morgan fingerprint density at radius 2 is 2.25 bits per heavy atom. The first-order valence-corrected chi connectivity index (χ1v) is 3.46. The van der Waals surface area contributed by atoms with Crippen molar-refractivity contribution in [3.8, 4) is 5.75 Å². The van der Waals surface area contributed by atoms with Gasteiger partial charge >= 0.3 is 5.97 Å². The first-order valence-electron chi connectivity index (χ1n) is 3.46. The van der Waals surface area contributed by atoms with Crippen LogP contribution in [0.15, 0.2) is 24.3 Å². The summed E-state index contributed by atoms with van der Waals surface area (Å²) >= 11 is 0. The summed E-state index contributed by atoms with van der Waals surface area (Å²) in [7, 11) is 0. The number of carbonyl (C=O) groups is 2. The molecule has 1 aromatic carbocycles. The molecule has 0 amide bonds. The van der Waals surface area contributed by atoms with Crippen LogP contribution in [-0.4, -0.2) is 12.3 Å². The van der Waals surface area contributed by atoms with Crippen molar-refractivity contribution in [2.24, 2.45) is 0 Å². The van der Waals surface area contributed by atoms with Crippen LogP contribution >= 0.6 is 0 Å². The van der Waals surface area contributed by atoms with Gasteiger partial charge < -0.3 is 4.74 Å². The van der Waals surface area contributed by atoms with E-state index in [0.29, 0.717) is 17.6 Å². The lowest BCUT2D eigenvalue weighted by Gasteiger charge is -1.99. The van der Waals surface area contributed by atoms with E-state index in [1.165, 1.54) is 13.0 Å². The fraction of sp³-hybridized carbons (Fsp3) is 0.111. The lowest BCUT2D eigenvalue weighted by Crippen LogP contribution is -2.01. The number of aldehydes is 1. The molecule has 62 valence electrons. The van der Waals surface area contributed by atoms with Crippen molar-refractivity contribution in [2.75, 3.05) is 0 Å². The molecule has 0 aliphatic carbocycles. The minimum absolute atomic E-state index is 0.391. The van der Waals surface area contributed by atoms with Crippen molar-refractivity contribution >= 4 is 12.3 Å². The summed E-state index contributed by atoms with van der Waals surface area (Å²) in [4.78, 5) is 20.8. The van der Waals surface area contributed by atoms with Crippen LogP contribution in [0.5, 0.6) is 5.75 Å². The van der Waals surface area contributed by atoms with Gasteiger partial charge in [0.25, 0.3) is 0 Å². The zero-order chi connectivity index (χ0) is 8.97. The van der Waals surface area contributed by atoms with Gasteiger partial charge in [0.15, 0.2) is 0 Å². The van der Waals surface area contributed by atoms with Gasteiger partial charge in [0.2, 0.25) is 0 Å². The molecule has 3 heteroatoms. The second-order valence-corrected chi connectivity index (χ2v) is 2.28. The minimum Gasteiger partial charge on any atom is -0.427 e. The zero-order valence-corrected chi connectivity index (χ0v) is 6.61. The molecule has 0 heterocycles. The molecule has 0 fully saturated rings. The van der Waals surface area contributed by atoms with Crippen molar-refractivity contribution in [1.29, 1.82) is 0 Å². The molecule has 0 unspecified atom stereocenters. The molecule has 0 aliphatic rings. The summed E-state index contributed by atoms with van der Waals surface area (Å²) in [6.45, 7) is 1.31. The first kappa shape index (κ1) is 8.46. The normalized spacial score (nSPS) is 9.08. The molecule has 0 saturated carbocycles. The van der Waals surface area contributed by atoms with E-state index in [4.69, 9.17) is 4.74 Å². The summed E-state index contributed by atoms with van der Waals surface area (Å²) in [6, 6.07) is 6.42. The van der Waals surface area contributed by atoms with Crippen LogP contribution < -0.4 is 4.74 Å². The third kappa shape index (κ3) is 2.20. The summed E-state index contributed by atoms with van der Waals surface area (Å²) in [5, 5.41) is 0. The van der Waals surface area contributed by atoms with Crippen LogP contribution in [0.2, 0.25) is 0 Å². The Bertz CT molecular complexity index is 304. The molecular weight excluding hydrogens is 156 g/mol. The smallest absolute Gasteiger partial charge is 0.308 e. The molecule has 0 aliphatic heterocycles. The number of hydrogen-bond donors (Lipinski definition) is 0. The molecule has 0 saturated heterocycles. The van der Waals surface area contributed by atoms with E-state index in [2.05, 4.69) is 0 Å². The molecule has 1 aromatic rings. The van der Waals surface area contributed by atoms with E-state index >= 15 is 0 Å². The van der Waals surface area contributed by atoms with Gasteiger partial charge in [-0.1, -0.05) is 12.1 Å². The molecule has 1 rings (SSSR count). The Hall–Kier alpha value is -1.64. The van der Waals surface area contributed by atoms with E-state index in [-0.39, 0.29) is 0 Å². The van der Waals surface area contributed by atoms with Crippen molar-refractivity contribution in [3.63, 3.8) is 0 Å². The molecule has 0 N–H and O–H groups in total. The van der Waals surface area contributed by atoms with Crippen LogP contribution in [0, 0.1) is 0 Å². The summed E-state index contributed by atoms with van der Waals surface area (Å²) in [5.41, 5.74) is 0.494. The van der Waals surface area contributed by atoms with Gasteiger partial charge in [-0.2, -0.15) is 0 Å². The zero-order valence-electron chi connectivity index (χ0n) is 6.61. The van der Waals surface area contributed by atoms with Crippen molar-refractivity contribution in [3.05, 3.63) is 29.8 Å². The van der Waals surface area contributed by atoms with E-state index < -0.39 is 5.97 Å². The highest BCUT2D eigenvalue weighted by Crippen LogP contribution is 2.11. The molecule has 0 spiro atoms. The number of carbonyl (C=O) groups excluding carboxylic acids is 2. The Morgan fingerprint density at radius 3 is 2.83 bits per heavy atom. The number of hydrogen-bond acceptors (Lipinski definition) is 3. The van der Waals surface area contributed by atoms with Crippen LogP contribution in [0.1, 0.15) is 17.3 Å². The molecule has 12 heavy (non-hydrogen) atoms. The lowest BCUT2D eigenvalue weighted by atomic mass is 10.2. The molecular formula is C9H8O3. The van der Waals surface area contributed by atoms with Crippen LogP contribution in [0.25, 0.3) is 0 Å². The Labute approximate surface area is 70.0 Å². The number of rotatable bonds is 2. The second-order valence-electron chi connectivity index (χ2n) is 2.28. The molecule has 0 bridgehead atoms. The van der Waals surface area contributed by atoms with Gasteiger partial charge in [-0.25, -0.2) is 0 Å². The SMILES string of the molecule is CC(=O)Oc1cccc(C=O)c1. The largest absolute Gasteiger partial charge is 0.427 e. The average Bonchev–Trinajstić information content (AvgIpc) is 2.03. The Kier molecular flexibility index (Phi) is 2.58. The number of ether oxygens (including phenoxy) is 1. The average molecular weight is 164 g/mol. The fourth-order valence-electron chi connectivity index (χ4n) is 0.817. The first-order chi connectivity index (χ1) is 5.72. The van der Waals surface area contributed by atoms with Crippen molar-refractivity contribution in [1.82, 2.24) is 0 Å². The van der Waals surface area contributed by atoms with Crippen LogP contribution in [0.4, 0.5) is 0 Å². The maximum Gasteiger partial charge on any atom is 0.308 e. The predicted molar refractivity (Wildman–Crippen MR) is 43.1 cm³/mol. The maximum atomic E-state index is 10.5. The van der Waals surface area contributed by atoms with Gasteiger partial charge in [0.05, 0.1) is 0 Å². The fourth-order valence-corrected chi connectivity index (χ4v) is 0.817. The third-order valence-corrected chi connectivity index (χ3v) is 1.26. The highest BCUT2D eigenvalue weighted by atomic mass is 16.5. The maximum absolute atomic E-state index is 10.5. The topological polar surface area (TPSA) is 43.4 Å². The highest BCUT2D eigenvalue weighted by molar-refractivity contribution is 5.76. The minimum atomic E-state index is -0.391. The van der Waals surface area contributed by atoms with E-state index in [9.17, 15) is 9.59 Å². The summed E-state index contributed by atoms with van der Waals surface area (Å²) < 4.78 is 4.76. The molecule has 3 nitrogen and oxygen atoms in total.